The van der Waals surface area contributed by atoms with Crippen molar-refractivity contribution in [1.29, 1.82) is 0 Å². The fourth-order valence-electron chi connectivity index (χ4n) is 1.38. The lowest BCUT2D eigenvalue weighted by atomic mass is 10.5. The molecule has 1 aromatic rings. The summed E-state index contributed by atoms with van der Waals surface area (Å²) in [5.41, 5.74) is -3.09. The Morgan fingerprint density at radius 3 is 2.11 bits per heavy atom. The minimum atomic E-state index is -3.23. The predicted octanol–water partition coefficient (Wildman–Crippen LogP) is -3.65. The second kappa shape index (κ2) is 5.57. The van der Waals surface area contributed by atoms with E-state index < -0.39 is 39.8 Å². The fraction of sp³-hybridized carbons (Fsp3) is 0.444. The SMILES string of the molecule is CC=[S-](=CC)n1c(=O)[nH]c(=O)n(CC(O)(O)O)c1=O. The molecule has 0 aliphatic rings. The van der Waals surface area contributed by atoms with Gasteiger partial charge in [0.1, 0.15) is 6.54 Å². The van der Waals surface area contributed by atoms with E-state index in [2.05, 4.69) is 0 Å². The number of H-pyrrole nitrogens is 1. The van der Waals surface area contributed by atoms with Crippen LogP contribution in [0, 0.1) is 0 Å². The zero-order valence-electron chi connectivity index (χ0n) is 10.2. The normalized spacial score (nSPS) is 13.9. The monoisotopic (exact) mass is 292 g/mol. The third-order valence-corrected chi connectivity index (χ3v) is 3.82. The molecule has 1 heterocycles. The lowest BCUT2D eigenvalue weighted by molar-refractivity contribution is -0.319. The van der Waals surface area contributed by atoms with Gasteiger partial charge in [-0.3, -0.25) is 4.98 Å². The van der Waals surface area contributed by atoms with Crippen LogP contribution in [0.3, 0.4) is 0 Å². The topological polar surface area (TPSA) is 138 Å². The van der Waals surface area contributed by atoms with Crippen molar-refractivity contribution in [3.05, 3.63) is 31.5 Å². The van der Waals surface area contributed by atoms with Gasteiger partial charge in [0, 0.05) is 0 Å². The maximum absolute atomic E-state index is 12.0. The van der Waals surface area contributed by atoms with Gasteiger partial charge in [-0.25, -0.2) is 19.0 Å². The average Bonchev–Trinajstić information content (AvgIpc) is 2.28. The van der Waals surface area contributed by atoms with E-state index in [-0.39, 0.29) is 0 Å². The van der Waals surface area contributed by atoms with E-state index in [4.69, 9.17) is 15.3 Å². The van der Waals surface area contributed by atoms with Crippen LogP contribution in [0.2, 0.25) is 0 Å². The summed E-state index contributed by atoms with van der Waals surface area (Å²) in [7, 11) is -0.966. The first kappa shape index (κ1) is 15.4. The summed E-state index contributed by atoms with van der Waals surface area (Å²) in [6, 6.07) is 0. The molecule has 0 aromatic carbocycles. The number of hydrogen-bond donors (Lipinski definition) is 4. The number of aliphatic hydroxyl groups is 3. The third kappa shape index (κ3) is 3.44. The predicted molar refractivity (Wildman–Crippen MR) is 71.2 cm³/mol. The number of nitrogens with zero attached hydrogens (tertiary/aromatic N) is 2. The molecule has 4 N–H and O–H groups in total. The number of hydrogen-bond acceptors (Lipinski definition) is 7. The Morgan fingerprint density at radius 2 is 1.68 bits per heavy atom. The second-order valence-corrected chi connectivity index (χ2v) is 5.49. The van der Waals surface area contributed by atoms with Crippen LogP contribution in [-0.4, -0.2) is 45.6 Å². The van der Waals surface area contributed by atoms with Crippen LogP contribution in [-0.2, 0) is 16.8 Å². The highest BCUT2D eigenvalue weighted by molar-refractivity contribution is 7.92. The summed E-state index contributed by atoms with van der Waals surface area (Å²) < 4.78 is 1.07. The minimum Gasteiger partial charge on any atom is -0.376 e. The van der Waals surface area contributed by atoms with Crippen molar-refractivity contribution < 1.29 is 15.3 Å². The van der Waals surface area contributed by atoms with Gasteiger partial charge in [0.15, 0.2) is 0 Å². The maximum Gasteiger partial charge on any atom is 0.333 e. The lowest BCUT2D eigenvalue weighted by Gasteiger charge is -2.19. The molecule has 1 aromatic heterocycles. The van der Waals surface area contributed by atoms with E-state index in [1.165, 1.54) is 0 Å². The van der Waals surface area contributed by atoms with E-state index in [1.54, 1.807) is 24.6 Å². The number of nitrogens with one attached hydrogen (secondary N) is 1. The molecule has 0 aliphatic carbocycles. The molecule has 0 fully saturated rings. The van der Waals surface area contributed by atoms with Gasteiger partial charge in [-0.2, -0.15) is 10.7 Å². The molecule has 0 unspecified atom stereocenters. The molecule has 0 saturated heterocycles. The molecule has 19 heavy (non-hydrogen) atoms. The van der Waals surface area contributed by atoms with Crippen LogP contribution in [0.4, 0.5) is 0 Å². The van der Waals surface area contributed by atoms with Gasteiger partial charge in [0.05, 0.1) is 0 Å². The summed E-state index contributed by atoms with van der Waals surface area (Å²) in [5, 5.41) is 29.6. The molecule has 0 spiro atoms. The highest BCUT2D eigenvalue weighted by Gasteiger charge is 2.21. The van der Waals surface area contributed by atoms with Crippen molar-refractivity contribution in [1.82, 2.24) is 13.5 Å². The first-order valence-corrected chi connectivity index (χ1v) is 6.46. The van der Waals surface area contributed by atoms with Gasteiger partial charge in [-0.15, -0.1) is 0 Å². The first-order valence-electron chi connectivity index (χ1n) is 5.16. The molecule has 0 saturated carbocycles. The standard InChI is InChI=1S/C9H14N3O6S/c1-3-19(4-2)12-7(14)10-6(13)11(8(12)15)5-9(16,17)18/h3-4,16-18H,5H2,1-2H3,(H,10,13,14)/q-1. The van der Waals surface area contributed by atoms with Gasteiger partial charge in [0.2, 0.25) is 0 Å². The Labute approximate surface area is 108 Å². The molecule has 9 nitrogen and oxygen atoms in total. The molecule has 0 atom stereocenters. The Kier molecular flexibility index (Phi) is 4.52. The summed E-state index contributed by atoms with van der Waals surface area (Å²) in [4.78, 5) is 36.9. The van der Waals surface area contributed by atoms with E-state index in [1.807, 2.05) is 4.98 Å². The van der Waals surface area contributed by atoms with E-state index in [9.17, 15) is 14.4 Å². The maximum atomic E-state index is 12.0. The van der Waals surface area contributed by atoms with Crippen molar-refractivity contribution in [3.8, 4) is 0 Å². The molecule has 0 aliphatic heterocycles. The molecular formula is C9H14N3O6S-. The third-order valence-electron chi connectivity index (χ3n) is 2.11. The quantitative estimate of drug-likeness (QED) is 0.257. The zero-order chi connectivity index (χ0) is 14.8. The highest BCUT2D eigenvalue weighted by atomic mass is 32.2. The van der Waals surface area contributed by atoms with E-state index >= 15 is 0 Å². The van der Waals surface area contributed by atoms with Gasteiger partial charge in [0.25, 0.3) is 5.97 Å². The van der Waals surface area contributed by atoms with Crippen LogP contribution in [0.5, 0.6) is 0 Å². The molecule has 1 rings (SSSR count). The number of rotatable bonds is 3. The number of aromatic amines is 1. The van der Waals surface area contributed by atoms with Crippen molar-refractivity contribution >= 4 is 21.0 Å². The van der Waals surface area contributed by atoms with Gasteiger partial charge in [-0.05, 0) is 0 Å². The Hall–Kier alpha value is -1.62. The summed E-state index contributed by atoms with van der Waals surface area (Å²) in [6.07, 6.45) is 0. The number of aromatic nitrogens is 3. The van der Waals surface area contributed by atoms with Crippen LogP contribution >= 0.6 is 0 Å². The minimum absolute atomic E-state index is 0.328. The van der Waals surface area contributed by atoms with Gasteiger partial charge in [-0.1, -0.05) is 13.8 Å². The first-order chi connectivity index (χ1) is 8.71. The summed E-state index contributed by atoms with van der Waals surface area (Å²) in [5.74, 6) is -3.23. The molecule has 0 radical (unpaired) electrons. The van der Waals surface area contributed by atoms with E-state index in [0.717, 1.165) is 3.97 Å². The highest BCUT2D eigenvalue weighted by Crippen LogP contribution is 1.92. The second-order valence-electron chi connectivity index (χ2n) is 3.49. The van der Waals surface area contributed by atoms with Crippen molar-refractivity contribution in [2.24, 2.45) is 0 Å². The summed E-state index contributed by atoms with van der Waals surface area (Å²) in [6.45, 7) is 2.17. The Morgan fingerprint density at radius 1 is 1.16 bits per heavy atom. The summed E-state index contributed by atoms with van der Waals surface area (Å²) >= 11 is 0. The largest absolute Gasteiger partial charge is 0.376 e. The molecule has 10 heteroatoms. The van der Waals surface area contributed by atoms with E-state index in [0.29, 0.717) is 4.57 Å². The van der Waals surface area contributed by atoms with Gasteiger partial charge >= 0.3 is 17.1 Å². The Bertz CT molecular complexity index is 716. The van der Waals surface area contributed by atoms with Crippen molar-refractivity contribution in [2.45, 2.75) is 26.4 Å². The molecule has 108 valence electrons. The zero-order valence-corrected chi connectivity index (χ0v) is 11.0. The molecule has 0 amide bonds. The lowest BCUT2D eigenvalue weighted by Crippen LogP contribution is -2.53. The average molecular weight is 292 g/mol. The van der Waals surface area contributed by atoms with Gasteiger partial charge < -0.3 is 29.6 Å². The van der Waals surface area contributed by atoms with Crippen molar-refractivity contribution in [2.75, 3.05) is 0 Å². The fourth-order valence-corrected chi connectivity index (χ4v) is 2.59. The van der Waals surface area contributed by atoms with Crippen LogP contribution in [0.1, 0.15) is 13.8 Å². The smallest absolute Gasteiger partial charge is 0.333 e. The van der Waals surface area contributed by atoms with Crippen LogP contribution in [0.15, 0.2) is 14.4 Å². The van der Waals surface area contributed by atoms with Crippen LogP contribution in [0.25, 0.3) is 0 Å². The molecule has 0 bridgehead atoms. The molecular weight excluding hydrogens is 278 g/mol. The van der Waals surface area contributed by atoms with Crippen molar-refractivity contribution in [3.63, 3.8) is 0 Å². The van der Waals surface area contributed by atoms with Crippen LogP contribution < -0.4 is 17.1 Å². The Balaban J connectivity index is 3.73.